The Balaban J connectivity index is 2.93. The number of aryl methyl sites for hydroxylation is 1. The van der Waals surface area contributed by atoms with Gasteiger partial charge in [-0.25, -0.2) is 0 Å². The molecule has 0 heterocycles. The summed E-state index contributed by atoms with van der Waals surface area (Å²) in [4.78, 5) is 22.1. The third-order valence-corrected chi connectivity index (χ3v) is 2.48. The molecule has 4 nitrogen and oxygen atoms in total. The van der Waals surface area contributed by atoms with Gasteiger partial charge in [0.1, 0.15) is 6.10 Å². The lowest BCUT2D eigenvalue weighted by Gasteiger charge is -2.23. The van der Waals surface area contributed by atoms with E-state index >= 15 is 0 Å². The van der Waals surface area contributed by atoms with Crippen molar-refractivity contribution in [3.63, 3.8) is 0 Å². The first-order chi connectivity index (χ1) is 8.40. The predicted molar refractivity (Wildman–Crippen MR) is 66.9 cm³/mol. The molecule has 0 bridgehead atoms. The lowest BCUT2D eigenvalue weighted by atomic mass is 10.0. The molecule has 0 saturated heterocycles. The average molecular weight is 250 g/mol. The number of ether oxygens (including phenoxy) is 2. The highest BCUT2D eigenvalue weighted by atomic mass is 16.6. The van der Waals surface area contributed by atoms with Gasteiger partial charge in [-0.3, -0.25) is 9.59 Å². The summed E-state index contributed by atoms with van der Waals surface area (Å²) in [5.41, 5.74) is 1.92. The highest BCUT2D eigenvalue weighted by Crippen LogP contribution is 2.24. The van der Waals surface area contributed by atoms with E-state index in [2.05, 4.69) is 0 Å². The van der Waals surface area contributed by atoms with Crippen LogP contribution in [0.4, 0.5) is 0 Å². The van der Waals surface area contributed by atoms with Crippen LogP contribution in [0.5, 0.6) is 0 Å². The van der Waals surface area contributed by atoms with Gasteiger partial charge in [-0.05, 0) is 19.4 Å². The Morgan fingerprint density at radius 1 is 1.00 bits per heavy atom. The molecule has 0 amide bonds. The van der Waals surface area contributed by atoms with Crippen molar-refractivity contribution in [3.05, 3.63) is 35.4 Å². The van der Waals surface area contributed by atoms with E-state index in [1.807, 2.05) is 31.2 Å². The highest BCUT2D eigenvalue weighted by molar-refractivity contribution is 5.67. The fourth-order valence-electron chi connectivity index (χ4n) is 1.69. The van der Waals surface area contributed by atoms with Crippen LogP contribution in [-0.2, 0) is 19.1 Å². The van der Waals surface area contributed by atoms with Crippen molar-refractivity contribution < 1.29 is 19.1 Å². The normalized spacial score (nSPS) is 13.6. The molecule has 0 aliphatic carbocycles. The van der Waals surface area contributed by atoms with E-state index in [4.69, 9.17) is 9.47 Å². The molecule has 0 aromatic heterocycles. The smallest absolute Gasteiger partial charge is 0.303 e. The van der Waals surface area contributed by atoms with Crippen molar-refractivity contribution in [1.29, 1.82) is 0 Å². The zero-order valence-electron chi connectivity index (χ0n) is 11.1. The first kappa shape index (κ1) is 14.2. The number of hydrogen-bond acceptors (Lipinski definition) is 4. The molecule has 0 aliphatic rings. The summed E-state index contributed by atoms with van der Waals surface area (Å²) in [6.07, 6.45) is -1.10. The SMILES string of the molecule is CC(=O)OC(c1ccc(C)cc1)[C@H](C)OC(C)=O. The van der Waals surface area contributed by atoms with Crippen LogP contribution >= 0.6 is 0 Å². The zero-order valence-corrected chi connectivity index (χ0v) is 11.1. The molecule has 0 aliphatic heterocycles. The summed E-state index contributed by atoms with van der Waals surface area (Å²) >= 11 is 0. The number of esters is 2. The summed E-state index contributed by atoms with van der Waals surface area (Å²) in [7, 11) is 0. The maximum atomic E-state index is 11.1. The molecule has 1 rings (SSSR count). The van der Waals surface area contributed by atoms with Gasteiger partial charge in [0.25, 0.3) is 0 Å². The second-order valence-corrected chi connectivity index (χ2v) is 4.26. The molecule has 1 aromatic rings. The van der Waals surface area contributed by atoms with Crippen LogP contribution in [0.3, 0.4) is 0 Å². The van der Waals surface area contributed by atoms with Crippen molar-refractivity contribution in [3.8, 4) is 0 Å². The van der Waals surface area contributed by atoms with Gasteiger partial charge in [0.2, 0.25) is 0 Å². The van der Waals surface area contributed by atoms with Crippen molar-refractivity contribution in [2.45, 2.75) is 39.9 Å². The monoisotopic (exact) mass is 250 g/mol. The minimum absolute atomic E-state index is 0.397. The van der Waals surface area contributed by atoms with Gasteiger partial charge >= 0.3 is 11.9 Å². The Morgan fingerprint density at radius 3 is 1.94 bits per heavy atom. The van der Waals surface area contributed by atoms with E-state index in [0.717, 1.165) is 11.1 Å². The molecule has 0 spiro atoms. The second-order valence-electron chi connectivity index (χ2n) is 4.26. The van der Waals surface area contributed by atoms with Crippen LogP contribution in [0.25, 0.3) is 0 Å². The van der Waals surface area contributed by atoms with Crippen molar-refractivity contribution in [1.82, 2.24) is 0 Å². The van der Waals surface area contributed by atoms with Gasteiger partial charge in [-0.15, -0.1) is 0 Å². The maximum Gasteiger partial charge on any atom is 0.303 e. The Morgan fingerprint density at radius 2 is 1.50 bits per heavy atom. The Hall–Kier alpha value is -1.84. The first-order valence-corrected chi connectivity index (χ1v) is 5.81. The summed E-state index contributed by atoms with van der Waals surface area (Å²) in [6, 6.07) is 7.57. The third kappa shape index (κ3) is 4.20. The number of carbonyl (C=O) groups is 2. The molecule has 0 fully saturated rings. The molecule has 0 N–H and O–H groups in total. The fourth-order valence-corrected chi connectivity index (χ4v) is 1.69. The molecular formula is C14H18O4. The molecule has 4 heteroatoms. The average Bonchev–Trinajstić information content (AvgIpc) is 2.26. The number of benzene rings is 1. The van der Waals surface area contributed by atoms with Gasteiger partial charge in [0, 0.05) is 13.8 Å². The molecular weight excluding hydrogens is 232 g/mol. The maximum absolute atomic E-state index is 11.1. The van der Waals surface area contributed by atoms with Gasteiger partial charge in [-0.1, -0.05) is 29.8 Å². The second kappa shape index (κ2) is 6.19. The molecule has 1 unspecified atom stereocenters. The largest absolute Gasteiger partial charge is 0.459 e. The van der Waals surface area contributed by atoms with Gasteiger partial charge < -0.3 is 9.47 Å². The van der Waals surface area contributed by atoms with Gasteiger partial charge in [0.15, 0.2) is 6.10 Å². The predicted octanol–water partition coefficient (Wildman–Crippen LogP) is 2.55. The Kier molecular flexibility index (Phi) is 4.89. The molecule has 2 atom stereocenters. The zero-order chi connectivity index (χ0) is 13.7. The van der Waals surface area contributed by atoms with Gasteiger partial charge in [0.05, 0.1) is 0 Å². The lowest BCUT2D eigenvalue weighted by molar-refractivity contribution is -0.164. The fraction of sp³-hybridized carbons (Fsp3) is 0.429. The van der Waals surface area contributed by atoms with Crippen LogP contribution in [0.1, 0.15) is 38.0 Å². The minimum atomic E-state index is -0.577. The van der Waals surface area contributed by atoms with Crippen molar-refractivity contribution in [2.24, 2.45) is 0 Å². The van der Waals surface area contributed by atoms with E-state index < -0.39 is 24.1 Å². The molecule has 1 aromatic carbocycles. The standard InChI is InChI=1S/C14H18O4/c1-9-5-7-13(8-6-9)14(18-12(4)16)10(2)17-11(3)15/h5-8,10,14H,1-4H3/t10-,14?/m0/s1. The lowest BCUT2D eigenvalue weighted by Crippen LogP contribution is -2.25. The molecule has 0 radical (unpaired) electrons. The summed E-state index contributed by atoms with van der Waals surface area (Å²) in [6.45, 7) is 6.34. The van der Waals surface area contributed by atoms with Crippen LogP contribution < -0.4 is 0 Å². The quantitative estimate of drug-likeness (QED) is 0.771. The number of rotatable bonds is 4. The summed E-state index contributed by atoms with van der Waals surface area (Å²) < 4.78 is 10.3. The summed E-state index contributed by atoms with van der Waals surface area (Å²) in [5, 5.41) is 0. The number of carbonyl (C=O) groups excluding carboxylic acids is 2. The van der Waals surface area contributed by atoms with Crippen LogP contribution in [0.2, 0.25) is 0 Å². The first-order valence-electron chi connectivity index (χ1n) is 5.81. The van der Waals surface area contributed by atoms with E-state index in [1.165, 1.54) is 13.8 Å². The summed E-state index contributed by atoms with van der Waals surface area (Å²) in [5.74, 6) is -0.800. The van der Waals surface area contributed by atoms with Crippen LogP contribution in [0, 0.1) is 6.92 Å². The molecule has 98 valence electrons. The van der Waals surface area contributed by atoms with Gasteiger partial charge in [-0.2, -0.15) is 0 Å². The Labute approximate surface area is 107 Å². The van der Waals surface area contributed by atoms with Crippen LogP contribution in [-0.4, -0.2) is 18.0 Å². The van der Waals surface area contributed by atoms with Crippen LogP contribution in [0.15, 0.2) is 24.3 Å². The van der Waals surface area contributed by atoms with E-state index in [-0.39, 0.29) is 0 Å². The molecule has 0 saturated carbocycles. The van der Waals surface area contributed by atoms with E-state index in [0.29, 0.717) is 0 Å². The van der Waals surface area contributed by atoms with Crippen molar-refractivity contribution in [2.75, 3.05) is 0 Å². The van der Waals surface area contributed by atoms with Crippen molar-refractivity contribution >= 4 is 11.9 Å². The van der Waals surface area contributed by atoms with E-state index in [9.17, 15) is 9.59 Å². The Bertz CT molecular complexity index is 422. The topological polar surface area (TPSA) is 52.6 Å². The third-order valence-electron chi connectivity index (χ3n) is 2.48. The molecule has 18 heavy (non-hydrogen) atoms. The van der Waals surface area contributed by atoms with E-state index in [1.54, 1.807) is 6.92 Å². The number of hydrogen-bond donors (Lipinski definition) is 0. The minimum Gasteiger partial charge on any atom is -0.459 e. The highest BCUT2D eigenvalue weighted by Gasteiger charge is 2.24.